The van der Waals surface area contributed by atoms with Crippen molar-refractivity contribution in [3.8, 4) is 11.4 Å². The van der Waals surface area contributed by atoms with Crippen LogP contribution >= 0.6 is 0 Å². The maximum absolute atomic E-state index is 14.4. The SMILES string of the molecule is Cn1cc(/C=C/C(=O)N(Cc2ccc(-c3ncccn3)cc2)[C@@H](Cc2ccccc2)C(=O)N2CCc3ccccc3C2)cn1. The van der Waals surface area contributed by atoms with Gasteiger partial charge in [0, 0.05) is 68.9 Å². The van der Waals surface area contributed by atoms with E-state index in [1.165, 1.54) is 5.56 Å². The van der Waals surface area contributed by atoms with Crippen LogP contribution in [0.3, 0.4) is 0 Å². The first-order chi connectivity index (χ1) is 21.5. The average molecular weight is 583 g/mol. The van der Waals surface area contributed by atoms with Gasteiger partial charge in [-0.1, -0.05) is 78.9 Å². The van der Waals surface area contributed by atoms with Crippen molar-refractivity contribution in [2.24, 2.45) is 7.05 Å². The van der Waals surface area contributed by atoms with Gasteiger partial charge in [0.2, 0.25) is 11.8 Å². The van der Waals surface area contributed by atoms with Gasteiger partial charge in [0.1, 0.15) is 6.04 Å². The van der Waals surface area contributed by atoms with E-state index < -0.39 is 6.04 Å². The molecule has 0 radical (unpaired) electrons. The van der Waals surface area contributed by atoms with Gasteiger partial charge in [-0.15, -0.1) is 0 Å². The van der Waals surface area contributed by atoms with Crippen molar-refractivity contribution in [3.63, 3.8) is 0 Å². The molecule has 0 unspecified atom stereocenters. The van der Waals surface area contributed by atoms with Gasteiger partial charge in [0.15, 0.2) is 5.82 Å². The van der Waals surface area contributed by atoms with Crippen LogP contribution in [0.2, 0.25) is 0 Å². The lowest BCUT2D eigenvalue weighted by Crippen LogP contribution is -2.52. The minimum atomic E-state index is -0.703. The summed E-state index contributed by atoms with van der Waals surface area (Å²) in [6.45, 7) is 1.40. The summed E-state index contributed by atoms with van der Waals surface area (Å²) in [6.07, 6.45) is 11.5. The molecule has 0 saturated heterocycles. The molecule has 6 rings (SSSR count). The first-order valence-electron chi connectivity index (χ1n) is 14.8. The fourth-order valence-corrected chi connectivity index (χ4v) is 5.60. The van der Waals surface area contributed by atoms with Crippen LogP contribution in [0.25, 0.3) is 17.5 Å². The third kappa shape index (κ3) is 6.81. The first-order valence-corrected chi connectivity index (χ1v) is 14.8. The molecule has 3 aromatic carbocycles. The molecule has 220 valence electrons. The van der Waals surface area contributed by atoms with Gasteiger partial charge < -0.3 is 9.80 Å². The average Bonchev–Trinajstić information content (AvgIpc) is 3.50. The number of hydrogen-bond donors (Lipinski definition) is 0. The molecule has 8 heteroatoms. The van der Waals surface area contributed by atoms with Crippen molar-refractivity contribution >= 4 is 17.9 Å². The van der Waals surface area contributed by atoms with Crippen molar-refractivity contribution in [3.05, 3.63) is 144 Å². The molecule has 0 saturated carbocycles. The van der Waals surface area contributed by atoms with Crippen LogP contribution in [-0.4, -0.2) is 53.9 Å². The third-order valence-corrected chi connectivity index (χ3v) is 7.93. The van der Waals surface area contributed by atoms with Crippen LogP contribution < -0.4 is 0 Å². The molecule has 2 amide bonds. The minimum absolute atomic E-state index is 0.0548. The number of fused-ring (bicyclic) bond motifs is 1. The maximum Gasteiger partial charge on any atom is 0.247 e. The van der Waals surface area contributed by atoms with Gasteiger partial charge in [-0.3, -0.25) is 14.3 Å². The smallest absolute Gasteiger partial charge is 0.247 e. The maximum atomic E-state index is 14.4. The van der Waals surface area contributed by atoms with E-state index in [4.69, 9.17) is 0 Å². The highest BCUT2D eigenvalue weighted by molar-refractivity contribution is 5.95. The molecule has 0 N–H and O–H groups in total. The molecule has 44 heavy (non-hydrogen) atoms. The van der Waals surface area contributed by atoms with Crippen LogP contribution in [0, 0.1) is 0 Å². The van der Waals surface area contributed by atoms with Gasteiger partial charge in [-0.05, 0) is 40.8 Å². The van der Waals surface area contributed by atoms with E-state index in [0.717, 1.165) is 34.2 Å². The van der Waals surface area contributed by atoms with E-state index in [0.29, 0.717) is 25.3 Å². The number of rotatable bonds is 9. The molecule has 8 nitrogen and oxygen atoms in total. The van der Waals surface area contributed by atoms with E-state index in [2.05, 4.69) is 27.2 Å². The van der Waals surface area contributed by atoms with Gasteiger partial charge in [0.25, 0.3) is 0 Å². The van der Waals surface area contributed by atoms with Gasteiger partial charge in [-0.25, -0.2) is 9.97 Å². The van der Waals surface area contributed by atoms with Crippen molar-refractivity contribution < 1.29 is 9.59 Å². The Kier molecular flexibility index (Phi) is 8.68. The van der Waals surface area contributed by atoms with E-state index in [1.807, 2.05) is 84.9 Å². The molecule has 1 aliphatic rings. The zero-order chi connectivity index (χ0) is 30.3. The van der Waals surface area contributed by atoms with Crippen molar-refractivity contribution in [2.75, 3.05) is 6.54 Å². The Labute approximate surface area is 257 Å². The van der Waals surface area contributed by atoms with Crippen LogP contribution in [0.4, 0.5) is 0 Å². The second kappa shape index (κ2) is 13.3. The Bertz CT molecular complexity index is 1750. The van der Waals surface area contributed by atoms with Crippen molar-refractivity contribution in [1.82, 2.24) is 29.5 Å². The van der Waals surface area contributed by atoms with Crippen molar-refractivity contribution in [2.45, 2.75) is 32.0 Å². The topological polar surface area (TPSA) is 84.2 Å². The molecule has 2 aromatic heterocycles. The number of carbonyl (C=O) groups is 2. The van der Waals surface area contributed by atoms with Gasteiger partial charge >= 0.3 is 0 Å². The predicted molar refractivity (Wildman–Crippen MR) is 170 cm³/mol. The number of hydrogen-bond acceptors (Lipinski definition) is 5. The molecule has 3 heterocycles. The zero-order valence-electron chi connectivity index (χ0n) is 24.7. The molecule has 0 fully saturated rings. The largest absolute Gasteiger partial charge is 0.336 e. The molecule has 1 aliphatic heterocycles. The molecule has 0 spiro atoms. The molecular formula is C36H34N6O2. The number of amides is 2. The molecule has 0 bridgehead atoms. The quantitative estimate of drug-likeness (QED) is 0.226. The molecule has 5 aromatic rings. The highest BCUT2D eigenvalue weighted by Gasteiger charge is 2.34. The molecular weight excluding hydrogens is 548 g/mol. The Balaban J connectivity index is 1.34. The highest BCUT2D eigenvalue weighted by Crippen LogP contribution is 2.24. The van der Waals surface area contributed by atoms with E-state index in [-0.39, 0.29) is 18.4 Å². The molecule has 1 atom stereocenters. The second-order valence-corrected chi connectivity index (χ2v) is 11.0. The standard InChI is InChI=1S/C36H34N6O2/c1-40-24-29(23-39-40)14-17-34(43)42(25-28-12-15-31(16-13-28)35-37-19-7-20-38-35)33(22-27-8-3-2-4-9-27)36(44)41-21-18-30-10-5-6-11-32(30)26-41/h2-17,19-20,23-24,33H,18,21-22,25-26H2,1H3/b17-14+/t33-/m0/s1. The summed E-state index contributed by atoms with van der Waals surface area (Å²) in [6, 6.07) is 27.1. The highest BCUT2D eigenvalue weighted by atomic mass is 16.2. The number of aryl methyl sites for hydroxylation is 1. The summed E-state index contributed by atoms with van der Waals surface area (Å²) in [5, 5.41) is 4.21. The van der Waals surface area contributed by atoms with Gasteiger partial charge in [-0.2, -0.15) is 5.10 Å². The number of carbonyl (C=O) groups excluding carboxylic acids is 2. The summed E-state index contributed by atoms with van der Waals surface area (Å²) in [7, 11) is 1.83. The van der Waals surface area contributed by atoms with E-state index >= 15 is 0 Å². The second-order valence-electron chi connectivity index (χ2n) is 11.0. The van der Waals surface area contributed by atoms with Crippen LogP contribution in [0.15, 0.2) is 116 Å². The Morgan fingerprint density at radius 1 is 0.886 bits per heavy atom. The van der Waals surface area contributed by atoms with E-state index in [1.54, 1.807) is 46.4 Å². The number of nitrogens with zero attached hydrogens (tertiary/aromatic N) is 6. The summed E-state index contributed by atoms with van der Waals surface area (Å²) in [5.74, 6) is 0.339. The van der Waals surface area contributed by atoms with Crippen molar-refractivity contribution in [1.29, 1.82) is 0 Å². The number of aromatic nitrogens is 4. The first kappa shape index (κ1) is 28.7. The predicted octanol–water partition coefficient (Wildman–Crippen LogP) is 5.12. The molecule has 0 aliphatic carbocycles. The Hall–Kier alpha value is -5.37. The minimum Gasteiger partial charge on any atom is -0.336 e. The summed E-state index contributed by atoms with van der Waals surface area (Å²) < 4.78 is 1.69. The van der Waals surface area contributed by atoms with Gasteiger partial charge in [0.05, 0.1) is 6.20 Å². The van der Waals surface area contributed by atoms with E-state index in [9.17, 15) is 9.59 Å². The summed E-state index contributed by atoms with van der Waals surface area (Å²) in [4.78, 5) is 40.8. The fraction of sp³-hybridized carbons (Fsp3) is 0.194. The summed E-state index contributed by atoms with van der Waals surface area (Å²) >= 11 is 0. The fourth-order valence-electron chi connectivity index (χ4n) is 5.60. The monoisotopic (exact) mass is 582 g/mol. The third-order valence-electron chi connectivity index (χ3n) is 7.93. The zero-order valence-corrected chi connectivity index (χ0v) is 24.7. The Morgan fingerprint density at radius 2 is 1.61 bits per heavy atom. The summed E-state index contributed by atoms with van der Waals surface area (Å²) in [5.41, 5.74) is 6.01. The Morgan fingerprint density at radius 3 is 2.34 bits per heavy atom. The lowest BCUT2D eigenvalue weighted by molar-refractivity contribution is -0.144. The van der Waals surface area contributed by atoms with Crippen LogP contribution in [0.5, 0.6) is 0 Å². The normalized spacial score (nSPS) is 13.4. The lowest BCUT2D eigenvalue weighted by atomic mass is 9.97. The lowest BCUT2D eigenvalue weighted by Gasteiger charge is -2.37. The van der Waals surface area contributed by atoms with Crippen LogP contribution in [-0.2, 0) is 42.6 Å². The van der Waals surface area contributed by atoms with Crippen LogP contribution in [0.1, 0.15) is 27.8 Å². The number of benzene rings is 3.